The summed E-state index contributed by atoms with van der Waals surface area (Å²) in [7, 11) is 1.00. The number of nitrogens with two attached hydrogens (primary N) is 1. The van der Waals surface area contributed by atoms with E-state index in [4.69, 9.17) is 16.2 Å². The van der Waals surface area contributed by atoms with E-state index >= 15 is 0 Å². The molecule has 0 atom stereocenters. The number of allylic oxidation sites excluding steroid dienone is 2. The molecule has 1 saturated heterocycles. The molecule has 166 valence electrons. The molecule has 31 heavy (non-hydrogen) atoms. The van der Waals surface area contributed by atoms with Crippen LogP contribution in [0.15, 0.2) is 36.9 Å². The van der Waals surface area contributed by atoms with E-state index in [1.807, 2.05) is 30.0 Å². The van der Waals surface area contributed by atoms with Gasteiger partial charge in [0.25, 0.3) is 5.91 Å². The number of likely N-dealkylation sites (tertiary alicyclic amines) is 1. The summed E-state index contributed by atoms with van der Waals surface area (Å²) in [5.74, 6) is 0.690. The van der Waals surface area contributed by atoms with Crippen LogP contribution in [-0.4, -0.2) is 42.3 Å². The summed E-state index contributed by atoms with van der Waals surface area (Å²) in [5, 5.41) is 14.8. The third kappa shape index (κ3) is 5.71. The van der Waals surface area contributed by atoms with Crippen molar-refractivity contribution in [1.29, 1.82) is 5.41 Å². The van der Waals surface area contributed by atoms with Gasteiger partial charge in [0.2, 0.25) is 0 Å². The molecule has 1 aliphatic heterocycles. The number of thiophene rings is 1. The number of aliphatic hydroxyl groups is 1. The van der Waals surface area contributed by atoms with E-state index in [0.717, 1.165) is 49.9 Å². The van der Waals surface area contributed by atoms with Crippen molar-refractivity contribution >= 4 is 35.2 Å². The minimum absolute atomic E-state index is 0.0257. The number of amides is 1. The molecule has 2 heterocycles. The van der Waals surface area contributed by atoms with Crippen molar-refractivity contribution in [2.24, 2.45) is 5.92 Å². The molecule has 0 spiro atoms. The normalized spacial score (nSPS) is 14.3. The predicted octanol–water partition coefficient (Wildman–Crippen LogP) is 5.24. The number of hydrogen-bond donors (Lipinski definition) is 3. The van der Waals surface area contributed by atoms with Gasteiger partial charge in [-0.1, -0.05) is 19.1 Å². The molecule has 6 heteroatoms. The lowest BCUT2D eigenvalue weighted by molar-refractivity contribution is 0.0697. The van der Waals surface area contributed by atoms with Gasteiger partial charge >= 0.3 is 0 Å². The molecular formula is C25H33N3O2S. The van der Waals surface area contributed by atoms with Crippen molar-refractivity contribution < 1.29 is 9.90 Å². The summed E-state index contributed by atoms with van der Waals surface area (Å²) in [5.41, 5.74) is 10.1. The van der Waals surface area contributed by atoms with Gasteiger partial charge in [0.05, 0.1) is 0 Å². The van der Waals surface area contributed by atoms with Crippen LogP contribution in [0.5, 0.6) is 0 Å². The maximum absolute atomic E-state index is 13.1. The van der Waals surface area contributed by atoms with E-state index in [2.05, 4.69) is 25.6 Å². The third-order valence-corrected chi connectivity index (χ3v) is 6.65. The number of piperidine rings is 1. The number of rotatable bonds is 6. The molecule has 1 aliphatic rings. The Morgan fingerprint density at radius 1 is 1.32 bits per heavy atom. The van der Waals surface area contributed by atoms with Gasteiger partial charge in [-0.2, -0.15) is 0 Å². The van der Waals surface area contributed by atoms with Crippen molar-refractivity contribution in [2.75, 3.05) is 25.9 Å². The summed E-state index contributed by atoms with van der Waals surface area (Å²) in [6, 6.07) is 5.76. The van der Waals surface area contributed by atoms with E-state index in [1.165, 1.54) is 16.7 Å². The Balaban J connectivity index is 0.00000166. The van der Waals surface area contributed by atoms with E-state index in [-0.39, 0.29) is 5.91 Å². The Morgan fingerprint density at radius 3 is 2.58 bits per heavy atom. The maximum Gasteiger partial charge on any atom is 0.253 e. The maximum atomic E-state index is 13.1. The fourth-order valence-corrected chi connectivity index (χ4v) is 4.89. The minimum atomic E-state index is 0.0257. The van der Waals surface area contributed by atoms with Crippen molar-refractivity contribution in [3.05, 3.63) is 58.5 Å². The fraction of sp³-hybridized carbons (Fsp3) is 0.360. The molecule has 1 aromatic carbocycles. The molecule has 2 aromatic rings. The van der Waals surface area contributed by atoms with Gasteiger partial charge in [-0.25, -0.2) is 0 Å². The summed E-state index contributed by atoms with van der Waals surface area (Å²) in [6.07, 6.45) is 10.1. The first-order chi connectivity index (χ1) is 15.0. The Labute approximate surface area is 189 Å². The number of anilines is 1. The van der Waals surface area contributed by atoms with Crippen LogP contribution < -0.4 is 5.73 Å². The number of benzene rings is 1. The van der Waals surface area contributed by atoms with Gasteiger partial charge in [0.1, 0.15) is 0 Å². The van der Waals surface area contributed by atoms with Gasteiger partial charge < -0.3 is 21.1 Å². The van der Waals surface area contributed by atoms with Gasteiger partial charge in [0.15, 0.2) is 0 Å². The smallest absolute Gasteiger partial charge is 0.253 e. The summed E-state index contributed by atoms with van der Waals surface area (Å²) in [6.45, 7) is 9.65. The Bertz CT molecular complexity index is 954. The van der Waals surface area contributed by atoms with Crippen LogP contribution in [0.25, 0.3) is 16.5 Å². The Morgan fingerprint density at radius 2 is 2.00 bits per heavy atom. The van der Waals surface area contributed by atoms with Crippen LogP contribution in [-0.2, 0) is 6.42 Å². The van der Waals surface area contributed by atoms with Crippen molar-refractivity contribution in [3.63, 3.8) is 0 Å². The second-order valence-electron chi connectivity index (χ2n) is 7.64. The van der Waals surface area contributed by atoms with Crippen molar-refractivity contribution in [1.82, 2.24) is 4.90 Å². The highest BCUT2D eigenvalue weighted by Gasteiger charge is 2.23. The molecule has 1 fully saturated rings. The first-order valence-electron chi connectivity index (χ1n) is 10.5. The van der Waals surface area contributed by atoms with E-state index in [1.54, 1.807) is 17.4 Å². The number of carbonyl (C=O) groups excluding carboxylic acids is 1. The molecule has 5 nitrogen and oxygen atoms in total. The van der Waals surface area contributed by atoms with Crippen LogP contribution in [0.3, 0.4) is 0 Å². The molecule has 0 unspecified atom stereocenters. The van der Waals surface area contributed by atoms with Gasteiger partial charge in [-0.15, -0.1) is 17.9 Å². The second kappa shape index (κ2) is 11.6. The molecule has 3 rings (SSSR count). The van der Waals surface area contributed by atoms with Crippen LogP contribution in [0.1, 0.15) is 53.1 Å². The van der Waals surface area contributed by atoms with E-state index in [9.17, 15) is 4.79 Å². The predicted molar refractivity (Wildman–Crippen MR) is 133 cm³/mol. The van der Waals surface area contributed by atoms with Crippen molar-refractivity contribution in [3.8, 4) is 10.4 Å². The highest BCUT2D eigenvalue weighted by molar-refractivity contribution is 7.16. The van der Waals surface area contributed by atoms with Crippen LogP contribution >= 0.6 is 11.3 Å². The molecule has 1 aromatic heterocycles. The quantitative estimate of drug-likeness (QED) is 0.327. The molecule has 0 bridgehead atoms. The van der Waals surface area contributed by atoms with Crippen molar-refractivity contribution in [2.45, 2.75) is 33.1 Å². The van der Waals surface area contributed by atoms with Crippen LogP contribution in [0, 0.1) is 11.3 Å². The largest absolute Gasteiger partial charge is 0.400 e. The van der Waals surface area contributed by atoms with Crippen LogP contribution in [0.2, 0.25) is 0 Å². The number of nitrogen functional groups attached to an aromatic ring is 1. The number of aliphatic hydroxyl groups excluding tert-OH is 1. The zero-order valence-electron chi connectivity index (χ0n) is 18.6. The Hall–Kier alpha value is -2.70. The molecular weight excluding hydrogens is 406 g/mol. The first-order valence-corrected chi connectivity index (χ1v) is 11.3. The molecule has 1 amide bonds. The zero-order chi connectivity index (χ0) is 23.0. The SMILES string of the molecule is C=CCc1cc(-c2cc(C(=O)N3CCC(C)CC3)cc(C=N)c2N)sc1/C=C\C.CO. The van der Waals surface area contributed by atoms with Gasteiger partial charge in [-0.3, -0.25) is 4.79 Å². The lowest BCUT2D eigenvalue weighted by atomic mass is 9.97. The minimum Gasteiger partial charge on any atom is -0.400 e. The number of nitrogens with one attached hydrogen (secondary N) is 1. The highest BCUT2D eigenvalue weighted by atomic mass is 32.1. The zero-order valence-corrected chi connectivity index (χ0v) is 19.5. The second-order valence-corrected chi connectivity index (χ2v) is 8.72. The number of carbonyl (C=O) groups is 1. The third-order valence-electron chi connectivity index (χ3n) is 5.47. The first kappa shape index (κ1) is 24.6. The van der Waals surface area contributed by atoms with Crippen LogP contribution in [0.4, 0.5) is 5.69 Å². The summed E-state index contributed by atoms with van der Waals surface area (Å²) >= 11 is 1.65. The average molecular weight is 440 g/mol. The highest BCUT2D eigenvalue weighted by Crippen LogP contribution is 2.38. The van der Waals surface area contributed by atoms with Gasteiger partial charge in [0, 0.05) is 58.5 Å². The lowest BCUT2D eigenvalue weighted by Crippen LogP contribution is -2.38. The molecule has 0 radical (unpaired) electrons. The average Bonchev–Trinajstić information content (AvgIpc) is 3.18. The monoisotopic (exact) mass is 439 g/mol. The topological polar surface area (TPSA) is 90.4 Å². The Kier molecular flexibility index (Phi) is 9.21. The number of nitrogens with zero attached hydrogens (tertiary/aromatic N) is 1. The van der Waals surface area contributed by atoms with Gasteiger partial charge in [-0.05, 0) is 61.9 Å². The molecule has 0 aliphatic carbocycles. The lowest BCUT2D eigenvalue weighted by Gasteiger charge is -2.30. The molecule has 4 N–H and O–H groups in total. The fourth-order valence-electron chi connectivity index (χ4n) is 3.70. The summed E-state index contributed by atoms with van der Waals surface area (Å²) < 4.78 is 0. The molecule has 0 saturated carbocycles. The number of hydrogen-bond acceptors (Lipinski definition) is 5. The van der Waals surface area contributed by atoms with E-state index < -0.39 is 0 Å². The summed E-state index contributed by atoms with van der Waals surface area (Å²) in [4.78, 5) is 17.2. The standard InChI is InChI=1S/C24H29N3OS.CH4O/c1-4-6-17-14-22(29-21(17)7-5-2)20-13-18(12-19(15-25)23(20)26)24(28)27-10-8-16(3)9-11-27;1-2/h4-5,7,12-16,25H,1,6,8-11,26H2,2-3H3;2H,1H3/b7-5-,25-15?;. The van der Waals surface area contributed by atoms with E-state index in [0.29, 0.717) is 22.7 Å².